The molecule has 0 amide bonds. The first-order chi connectivity index (χ1) is 9.28. The summed E-state index contributed by atoms with van der Waals surface area (Å²) in [5.41, 5.74) is 2.69. The lowest BCUT2D eigenvalue weighted by molar-refractivity contribution is 0.434. The standard InChI is InChI=1S/C18H23FO/c1-12-14(11-15(20)9-10-18(2,3)4)7-8-16(19)17(12)13-5-6-13/h7-11,13,20H,5-6H2,1-4H3/b10-9+,15-11+. The molecule has 0 unspecified atom stereocenters. The zero-order chi connectivity index (χ0) is 14.9. The number of hydrogen-bond donors (Lipinski definition) is 1. The first-order valence-electron chi connectivity index (χ1n) is 7.17. The van der Waals surface area contributed by atoms with E-state index in [0.29, 0.717) is 5.92 Å². The van der Waals surface area contributed by atoms with Crippen molar-refractivity contribution in [1.82, 2.24) is 0 Å². The fourth-order valence-electron chi connectivity index (χ4n) is 2.28. The lowest BCUT2D eigenvalue weighted by atomic mass is 9.95. The van der Waals surface area contributed by atoms with Crippen LogP contribution in [0, 0.1) is 18.2 Å². The molecule has 20 heavy (non-hydrogen) atoms. The van der Waals surface area contributed by atoms with Crippen molar-refractivity contribution < 1.29 is 9.50 Å². The Bertz CT molecular complexity index is 558. The quantitative estimate of drug-likeness (QED) is 0.569. The van der Waals surface area contributed by atoms with Crippen LogP contribution < -0.4 is 0 Å². The highest BCUT2D eigenvalue weighted by Crippen LogP contribution is 2.43. The normalized spacial score (nSPS) is 16.9. The highest BCUT2D eigenvalue weighted by Gasteiger charge is 2.28. The van der Waals surface area contributed by atoms with Crippen molar-refractivity contribution in [1.29, 1.82) is 0 Å². The van der Waals surface area contributed by atoms with Gasteiger partial charge in [-0.05, 0) is 66.0 Å². The summed E-state index contributed by atoms with van der Waals surface area (Å²) in [6, 6.07) is 3.24. The Morgan fingerprint density at radius 3 is 2.50 bits per heavy atom. The van der Waals surface area contributed by atoms with E-state index in [4.69, 9.17) is 0 Å². The number of allylic oxidation sites excluding steroid dienone is 2. The Morgan fingerprint density at radius 2 is 1.95 bits per heavy atom. The summed E-state index contributed by atoms with van der Waals surface area (Å²) in [7, 11) is 0. The van der Waals surface area contributed by atoms with Gasteiger partial charge < -0.3 is 5.11 Å². The van der Waals surface area contributed by atoms with Crippen LogP contribution in [0.25, 0.3) is 6.08 Å². The maximum absolute atomic E-state index is 13.9. The summed E-state index contributed by atoms with van der Waals surface area (Å²) in [4.78, 5) is 0. The van der Waals surface area contributed by atoms with E-state index in [1.807, 2.05) is 13.0 Å². The number of hydrogen-bond acceptors (Lipinski definition) is 1. The molecule has 1 aromatic carbocycles. The molecule has 0 bridgehead atoms. The van der Waals surface area contributed by atoms with Crippen molar-refractivity contribution in [2.75, 3.05) is 0 Å². The molecule has 1 aliphatic rings. The minimum Gasteiger partial charge on any atom is -0.508 e. The monoisotopic (exact) mass is 274 g/mol. The van der Waals surface area contributed by atoms with Gasteiger partial charge in [0.2, 0.25) is 0 Å². The molecule has 0 heterocycles. The third-order valence-electron chi connectivity index (χ3n) is 3.55. The molecule has 1 saturated carbocycles. The molecular formula is C18H23FO. The summed E-state index contributed by atoms with van der Waals surface area (Å²) in [6.07, 6.45) is 7.52. The Morgan fingerprint density at radius 1 is 1.30 bits per heavy atom. The van der Waals surface area contributed by atoms with Crippen LogP contribution in [-0.2, 0) is 0 Å². The van der Waals surface area contributed by atoms with Crippen LogP contribution in [0.2, 0.25) is 0 Å². The van der Waals surface area contributed by atoms with Crippen LogP contribution in [0.3, 0.4) is 0 Å². The highest BCUT2D eigenvalue weighted by atomic mass is 19.1. The minimum absolute atomic E-state index is 0.0266. The first kappa shape index (κ1) is 14.8. The van der Waals surface area contributed by atoms with Gasteiger partial charge in [0, 0.05) is 0 Å². The van der Waals surface area contributed by atoms with Crippen LogP contribution in [0.5, 0.6) is 0 Å². The molecule has 108 valence electrons. The summed E-state index contributed by atoms with van der Waals surface area (Å²) >= 11 is 0. The SMILES string of the molecule is Cc1c(/C=C(O)\C=C\C(C)(C)C)ccc(F)c1C1CC1. The van der Waals surface area contributed by atoms with E-state index < -0.39 is 0 Å². The van der Waals surface area contributed by atoms with E-state index in [2.05, 4.69) is 20.8 Å². The predicted octanol–water partition coefficient (Wildman–Crippen LogP) is 5.51. The fourth-order valence-corrected chi connectivity index (χ4v) is 2.28. The Labute approximate surface area is 120 Å². The van der Waals surface area contributed by atoms with Crippen LogP contribution in [0.4, 0.5) is 4.39 Å². The van der Waals surface area contributed by atoms with Crippen LogP contribution in [0.15, 0.2) is 30.0 Å². The lowest BCUT2D eigenvalue weighted by Crippen LogP contribution is -1.99. The van der Waals surface area contributed by atoms with Gasteiger partial charge >= 0.3 is 0 Å². The molecule has 0 atom stereocenters. The Balaban J connectivity index is 2.29. The maximum Gasteiger partial charge on any atom is 0.126 e. The molecule has 0 aliphatic heterocycles. The van der Waals surface area contributed by atoms with Gasteiger partial charge in [-0.3, -0.25) is 0 Å². The first-order valence-corrected chi connectivity index (χ1v) is 7.17. The van der Waals surface area contributed by atoms with E-state index in [0.717, 1.165) is 29.5 Å². The molecule has 1 N–H and O–H groups in total. The van der Waals surface area contributed by atoms with E-state index in [-0.39, 0.29) is 17.0 Å². The second-order valence-electron chi connectivity index (χ2n) is 6.72. The second-order valence-corrected chi connectivity index (χ2v) is 6.72. The van der Waals surface area contributed by atoms with Gasteiger partial charge in [0.15, 0.2) is 0 Å². The molecule has 0 saturated heterocycles. The van der Waals surface area contributed by atoms with Crippen LogP contribution >= 0.6 is 0 Å². The largest absolute Gasteiger partial charge is 0.508 e. The lowest BCUT2D eigenvalue weighted by Gasteiger charge is -2.11. The summed E-state index contributed by atoms with van der Waals surface area (Å²) in [6.45, 7) is 8.16. The average molecular weight is 274 g/mol. The van der Waals surface area contributed by atoms with Crippen molar-refractivity contribution in [3.05, 3.63) is 52.6 Å². The van der Waals surface area contributed by atoms with Gasteiger partial charge in [0.25, 0.3) is 0 Å². The van der Waals surface area contributed by atoms with E-state index >= 15 is 0 Å². The molecule has 0 spiro atoms. The number of benzene rings is 1. The Kier molecular flexibility index (Phi) is 4.03. The zero-order valence-corrected chi connectivity index (χ0v) is 12.7. The van der Waals surface area contributed by atoms with Gasteiger partial charge in [-0.2, -0.15) is 0 Å². The van der Waals surface area contributed by atoms with Crippen molar-refractivity contribution in [2.45, 2.75) is 46.5 Å². The summed E-state index contributed by atoms with van der Waals surface area (Å²) < 4.78 is 13.9. The van der Waals surface area contributed by atoms with Gasteiger partial charge in [-0.15, -0.1) is 0 Å². The van der Waals surface area contributed by atoms with Crippen molar-refractivity contribution in [3.63, 3.8) is 0 Å². The molecule has 0 radical (unpaired) electrons. The third-order valence-corrected chi connectivity index (χ3v) is 3.55. The maximum atomic E-state index is 13.9. The van der Waals surface area contributed by atoms with Gasteiger partial charge in [-0.25, -0.2) is 4.39 Å². The van der Waals surface area contributed by atoms with Gasteiger partial charge in [0.1, 0.15) is 11.6 Å². The van der Waals surface area contributed by atoms with Gasteiger partial charge in [-0.1, -0.05) is 32.9 Å². The smallest absolute Gasteiger partial charge is 0.126 e. The fraction of sp³-hybridized carbons (Fsp3) is 0.444. The third kappa shape index (κ3) is 3.72. The minimum atomic E-state index is -0.119. The number of rotatable bonds is 3. The van der Waals surface area contributed by atoms with Crippen LogP contribution in [0.1, 0.15) is 56.2 Å². The van der Waals surface area contributed by atoms with Crippen LogP contribution in [-0.4, -0.2) is 5.11 Å². The van der Waals surface area contributed by atoms with E-state index in [1.54, 1.807) is 18.2 Å². The number of aliphatic hydroxyl groups is 1. The highest BCUT2D eigenvalue weighted by molar-refractivity contribution is 5.59. The molecule has 0 aromatic heterocycles. The summed E-state index contributed by atoms with van der Waals surface area (Å²) in [5.74, 6) is 0.457. The average Bonchev–Trinajstić information content (AvgIpc) is 3.14. The zero-order valence-electron chi connectivity index (χ0n) is 12.7. The topological polar surface area (TPSA) is 20.2 Å². The number of aliphatic hydroxyl groups excluding tert-OH is 1. The predicted molar refractivity (Wildman–Crippen MR) is 82.3 cm³/mol. The molecule has 2 heteroatoms. The van der Waals surface area contributed by atoms with E-state index in [1.165, 1.54) is 6.07 Å². The van der Waals surface area contributed by atoms with Crippen molar-refractivity contribution in [3.8, 4) is 0 Å². The van der Waals surface area contributed by atoms with Gasteiger partial charge in [0.05, 0.1) is 0 Å². The molecular weight excluding hydrogens is 251 g/mol. The molecule has 1 aromatic rings. The van der Waals surface area contributed by atoms with Crippen molar-refractivity contribution >= 4 is 6.08 Å². The molecule has 1 aliphatic carbocycles. The summed E-state index contributed by atoms with van der Waals surface area (Å²) in [5, 5.41) is 9.99. The molecule has 2 rings (SSSR count). The molecule has 1 nitrogen and oxygen atoms in total. The number of halogens is 1. The van der Waals surface area contributed by atoms with Crippen molar-refractivity contribution in [2.24, 2.45) is 5.41 Å². The second kappa shape index (κ2) is 5.43. The molecule has 1 fully saturated rings. The Hall–Kier alpha value is -1.57. The van der Waals surface area contributed by atoms with E-state index in [9.17, 15) is 9.50 Å².